The molecule has 5 nitrogen and oxygen atoms in total. The monoisotopic (exact) mass is 253 g/mol. The number of hydrogen-bond donors (Lipinski definition) is 0. The highest BCUT2D eigenvalue weighted by atomic mass is 16.6. The molecule has 1 amide bonds. The van der Waals surface area contributed by atoms with Gasteiger partial charge in [0, 0.05) is 6.54 Å². The van der Waals surface area contributed by atoms with Gasteiger partial charge in [-0.15, -0.1) is 5.98 Å². The van der Waals surface area contributed by atoms with Crippen molar-refractivity contribution in [2.45, 2.75) is 39.3 Å². The van der Waals surface area contributed by atoms with Crippen LogP contribution in [0.1, 0.15) is 27.7 Å². The largest absolute Gasteiger partial charge is 0.467 e. The summed E-state index contributed by atoms with van der Waals surface area (Å²) in [4.78, 5) is 24.7. The summed E-state index contributed by atoms with van der Waals surface area (Å²) < 4.78 is 9.83. The molecule has 2 radical (unpaired) electrons. The van der Waals surface area contributed by atoms with Gasteiger partial charge in [0.1, 0.15) is 19.5 Å². The van der Waals surface area contributed by atoms with Gasteiger partial charge in [0.15, 0.2) is 0 Å². The van der Waals surface area contributed by atoms with Gasteiger partial charge in [-0.25, -0.2) is 9.59 Å². The molecule has 0 bridgehead atoms. The zero-order chi connectivity index (χ0) is 14.3. The van der Waals surface area contributed by atoms with Crippen molar-refractivity contribution in [1.29, 1.82) is 0 Å². The molecule has 0 saturated carbocycles. The lowest BCUT2D eigenvalue weighted by Crippen LogP contribution is -2.46. The maximum Gasteiger partial charge on any atom is 0.411 e. The molecule has 0 N–H and O–H groups in total. The van der Waals surface area contributed by atoms with Crippen LogP contribution in [0, 0.1) is 0 Å². The number of hydrogen-bond acceptors (Lipinski definition) is 4. The van der Waals surface area contributed by atoms with E-state index >= 15 is 0 Å². The fourth-order valence-electron chi connectivity index (χ4n) is 1.18. The first-order chi connectivity index (χ1) is 8.22. The molecule has 0 aromatic carbocycles. The van der Waals surface area contributed by atoms with Crippen LogP contribution < -0.4 is 0 Å². The summed E-state index contributed by atoms with van der Waals surface area (Å²) in [5, 5.41) is 0. The zero-order valence-electron chi connectivity index (χ0n) is 11.6. The number of carbonyl (C=O) groups excluding carboxylic acids is 2. The highest BCUT2D eigenvalue weighted by Crippen LogP contribution is 2.12. The van der Waals surface area contributed by atoms with Crippen LogP contribution >= 0.6 is 0 Å². The summed E-state index contributed by atoms with van der Waals surface area (Å²) >= 11 is 0. The average Bonchev–Trinajstić information content (AvgIpc) is 2.25. The van der Waals surface area contributed by atoms with Crippen molar-refractivity contribution in [2.75, 3.05) is 13.7 Å². The maximum atomic E-state index is 11.9. The number of amides is 1. The fourth-order valence-corrected chi connectivity index (χ4v) is 1.18. The molecule has 1 atom stereocenters. The maximum absolute atomic E-state index is 11.9. The van der Waals surface area contributed by atoms with E-state index in [9.17, 15) is 9.59 Å². The lowest BCUT2D eigenvalue weighted by Gasteiger charge is -2.29. The summed E-state index contributed by atoms with van der Waals surface area (Å²) in [6.07, 6.45) is 0.974. The van der Waals surface area contributed by atoms with Gasteiger partial charge in [-0.2, -0.15) is 0 Å². The van der Waals surface area contributed by atoms with Crippen molar-refractivity contribution in [3.63, 3.8) is 0 Å². The second kappa shape index (κ2) is 7.08. The first kappa shape index (κ1) is 16.5. The number of rotatable bonds is 4. The van der Waals surface area contributed by atoms with Crippen LogP contribution in [-0.2, 0) is 14.3 Å². The Kier molecular flexibility index (Phi) is 6.51. The van der Waals surface area contributed by atoms with E-state index in [1.807, 2.05) is 0 Å². The van der Waals surface area contributed by atoms with Crippen LogP contribution in [0.25, 0.3) is 0 Å². The minimum absolute atomic E-state index is 0.182. The number of ether oxygens (including phenoxy) is 2. The van der Waals surface area contributed by atoms with Gasteiger partial charge < -0.3 is 9.47 Å². The van der Waals surface area contributed by atoms with Gasteiger partial charge in [0.2, 0.25) is 0 Å². The van der Waals surface area contributed by atoms with Crippen LogP contribution in [0.3, 0.4) is 0 Å². The van der Waals surface area contributed by atoms with Crippen molar-refractivity contribution in [2.24, 2.45) is 0 Å². The zero-order valence-corrected chi connectivity index (χ0v) is 11.6. The third-order valence-electron chi connectivity index (χ3n) is 2.08. The molecule has 0 rings (SSSR count). The van der Waals surface area contributed by atoms with Crippen molar-refractivity contribution in [1.82, 2.24) is 4.90 Å². The topological polar surface area (TPSA) is 55.8 Å². The lowest BCUT2D eigenvalue weighted by atomic mass is 10.1. The molecule has 0 aromatic rings. The summed E-state index contributed by atoms with van der Waals surface area (Å²) in [5.41, 5.74) is -0.627. The Bertz CT molecular complexity index is 323. The van der Waals surface area contributed by atoms with Gasteiger partial charge in [-0.3, -0.25) is 4.90 Å². The van der Waals surface area contributed by atoms with E-state index in [1.54, 1.807) is 33.8 Å². The molecule has 0 aliphatic heterocycles. The molecule has 100 valence electrons. The van der Waals surface area contributed by atoms with Crippen LogP contribution in [0.4, 0.5) is 4.79 Å². The quantitative estimate of drug-likeness (QED) is 0.562. The van der Waals surface area contributed by atoms with Crippen LogP contribution in [-0.4, -0.2) is 50.1 Å². The van der Waals surface area contributed by atoms with E-state index in [-0.39, 0.29) is 6.54 Å². The molecule has 1 unspecified atom stereocenters. The minimum atomic E-state index is -0.735. The van der Waals surface area contributed by atoms with Gasteiger partial charge in [-0.1, -0.05) is 6.08 Å². The highest BCUT2D eigenvalue weighted by Gasteiger charge is 2.29. The molecule has 0 aliphatic carbocycles. The molecular formula is C12H20BNO4. The smallest absolute Gasteiger partial charge is 0.411 e. The van der Waals surface area contributed by atoms with Crippen LogP contribution in [0.5, 0.6) is 0 Å². The summed E-state index contributed by atoms with van der Waals surface area (Å²) in [6.45, 7) is 7.02. The van der Waals surface area contributed by atoms with Gasteiger partial charge in [0.05, 0.1) is 7.11 Å². The summed E-state index contributed by atoms with van der Waals surface area (Å²) in [7, 11) is 6.51. The standard InChI is InChI=1S/C12H20BNO4/c1-9(10(15)17-5)14(8-6-7-13)11(16)18-12(2,3)4/h6-7,9H,8H2,1-5H3/b7-6+. The number of nitrogens with zero attached hydrogens (tertiary/aromatic N) is 1. The third kappa shape index (κ3) is 5.75. The second-order valence-corrected chi connectivity index (χ2v) is 4.76. The number of carbonyl (C=O) groups is 2. The number of methoxy groups -OCH3 is 1. The molecule has 6 heteroatoms. The Morgan fingerprint density at radius 2 is 1.94 bits per heavy atom. The molecular weight excluding hydrogens is 233 g/mol. The Hall–Kier alpha value is -1.46. The van der Waals surface area contributed by atoms with E-state index in [4.69, 9.17) is 12.6 Å². The molecule has 0 heterocycles. The van der Waals surface area contributed by atoms with Crippen molar-refractivity contribution in [3.05, 3.63) is 12.1 Å². The molecule has 0 spiro atoms. The van der Waals surface area contributed by atoms with Crippen LogP contribution in [0.15, 0.2) is 12.1 Å². The van der Waals surface area contributed by atoms with E-state index in [1.165, 1.54) is 18.0 Å². The molecule has 18 heavy (non-hydrogen) atoms. The van der Waals surface area contributed by atoms with Crippen molar-refractivity contribution in [3.8, 4) is 0 Å². The Balaban J connectivity index is 4.87. The minimum Gasteiger partial charge on any atom is -0.467 e. The number of esters is 1. The molecule has 0 saturated heterocycles. The normalized spacial score (nSPS) is 13.2. The second-order valence-electron chi connectivity index (χ2n) is 4.76. The third-order valence-corrected chi connectivity index (χ3v) is 2.08. The average molecular weight is 253 g/mol. The summed E-state index contributed by atoms with van der Waals surface area (Å²) in [5.74, 6) is 0.799. The molecule has 0 fully saturated rings. The van der Waals surface area contributed by atoms with E-state index in [0.717, 1.165) is 0 Å². The first-order valence-electron chi connectivity index (χ1n) is 5.67. The Labute approximate surface area is 110 Å². The van der Waals surface area contributed by atoms with Crippen LogP contribution in [0.2, 0.25) is 0 Å². The highest BCUT2D eigenvalue weighted by molar-refractivity contribution is 6.17. The van der Waals surface area contributed by atoms with E-state index in [2.05, 4.69) is 4.74 Å². The Morgan fingerprint density at radius 3 is 2.33 bits per heavy atom. The first-order valence-corrected chi connectivity index (χ1v) is 5.67. The summed E-state index contributed by atoms with van der Waals surface area (Å²) in [6, 6.07) is -0.735. The predicted molar refractivity (Wildman–Crippen MR) is 69.3 cm³/mol. The predicted octanol–water partition coefficient (Wildman–Crippen LogP) is 1.47. The van der Waals surface area contributed by atoms with Gasteiger partial charge in [-0.05, 0) is 27.7 Å². The van der Waals surface area contributed by atoms with E-state index in [0.29, 0.717) is 0 Å². The van der Waals surface area contributed by atoms with Gasteiger partial charge in [0.25, 0.3) is 0 Å². The van der Waals surface area contributed by atoms with E-state index < -0.39 is 23.7 Å². The van der Waals surface area contributed by atoms with Crippen molar-refractivity contribution >= 4 is 19.9 Å². The molecule has 0 aliphatic rings. The lowest BCUT2D eigenvalue weighted by molar-refractivity contribution is -0.145. The fraction of sp³-hybridized carbons (Fsp3) is 0.667. The SMILES string of the molecule is [B]/C=C/CN(C(=O)OC(C)(C)C)C(C)C(=O)OC. The molecule has 0 aromatic heterocycles. The van der Waals surface area contributed by atoms with Crippen molar-refractivity contribution < 1.29 is 19.1 Å². The Morgan fingerprint density at radius 1 is 1.39 bits per heavy atom. The van der Waals surface area contributed by atoms with Gasteiger partial charge >= 0.3 is 12.1 Å².